The number of fused-ring (bicyclic) bond motifs is 1. The fourth-order valence-electron chi connectivity index (χ4n) is 4.12. The zero-order valence-corrected chi connectivity index (χ0v) is 23.0. The Morgan fingerprint density at radius 3 is 2.66 bits per heavy atom. The Morgan fingerprint density at radius 2 is 2.11 bits per heavy atom. The van der Waals surface area contributed by atoms with Gasteiger partial charge in [0.2, 0.25) is 5.91 Å². The molecule has 1 amide bonds. The first-order valence-corrected chi connectivity index (χ1v) is 12.8. The first-order valence-electron chi connectivity index (χ1n) is 12.0. The summed E-state index contributed by atoms with van der Waals surface area (Å²) in [6, 6.07) is 3.80. The van der Waals surface area contributed by atoms with Crippen LogP contribution in [0.15, 0.2) is 52.0 Å². The topological polar surface area (TPSA) is 147 Å². The molecule has 38 heavy (non-hydrogen) atoms. The number of thiophene rings is 1. The first-order chi connectivity index (χ1) is 18.0. The Bertz CT molecular complexity index is 1530. The van der Waals surface area contributed by atoms with Crippen molar-refractivity contribution < 1.29 is 14.3 Å². The largest absolute Gasteiger partial charge is 0.497 e. The van der Waals surface area contributed by atoms with Gasteiger partial charge < -0.3 is 15.2 Å². The van der Waals surface area contributed by atoms with Crippen molar-refractivity contribution in [3.63, 3.8) is 0 Å². The van der Waals surface area contributed by atoms with Crippen LogP contribution in [0.1, 0.15) is 39.2 Å². The van der Waals surface area contributed by atoms with Crippen molar-refractivity contribution in [1.29, 1.82) is 5.26 Å². The number of carbonyl (C=O) groups excluding carboxylic acids is 1. The molecule has 3 rings (SSSR count). The highest BCUT2D eigenvalue weighted by atomic mass is 32.1. The van der Waals surface area contributed by atoms with Gasteiger partial charge in [0.05, 0.1) is 38.1 Å². The molecule has 202 valence electrons. The van der Waals surface area contributed by atoms with Crippen molar-refractivity contribution in [3.8, 4) is 11.1 Å². The Morgan fingerprint density at radius 1 is 1.39 bits per heavy atom. The number of hydrogen-bond donors (Lipinski definition) is 1. The number of carbonyl (C=O) groups is 1. The molecule has 0 aliphatic heterocycles. The molecule has 0 bridgehead atoms. The van der Waals surface area contributed by atoms with Crippen LogP contribution in [-0.4, -0.2) is 44.6 Å². The van der Waals surface area contributed by atoms with Crippen LogP contribution in [-0.2, 0) is 26.4 Å². The lowest BCUT2D eigenvalue weighted by Gasteiger charge is -2.27. The van der Waals surface area contributed by atoms with Gasteiger partial charge in [0.1, 0.15) is 27.2 Å². The zero-order chi connectivity index (χ0) is 28.2. The lowest BCUT2D eigenvalue weighted by atomic mass is 10.0. The molecule has 0 aromatic carbocycles. The maximum atomic E-state index is 14.0. The number of nitrogens with two attached hydrogens (primary N) is 1. The summed E-state index contributed by atoms with van der Waals surface area (Å²) in [5.74, 6) is -0.479. The number of amides is 1. The average Bonchev–Trinajstić information content (AvgIpc) is 3.51. The number of aromatic nitrogens is 4. The second-order valence-electron chi connectivity index (χ2n) is 9.08. The maximum Gasteiger partial charge on any atom is 0.333 e. The summed E-state index contributed by atoms with van der Waals surface area (Å²) in [4.78, 5) is 40.5. The summed E-state index contributed by atoms with van der Waals surface area (Å²) in [7, 11) is 1.48. The number of primary amides is 1. The van der Waals surface area contributed by atoms with Gasteiger partial charge in [-0.2, -0.15) is 10.4 Å². The van der Waals surface area contributed by atoms with E-state index in [1.165, 1.54) is 36.9 Å². The first kappa shape index (κ1) is 28.6. The van der Waals surface area contributed by atoms with E-state index in [1.54, 1.807) is 30.1 Å². The Kier molecular flexibility index (Phi) is 8.75. The third-order valence-electron chi connectivity index (χ3n) is 6.28. The minimum atomic E-state index is -1.61. The molecule has 0 aliphatic carbocycles. The molecule has 3 aromatic heterocycles. The molecule has 0 radical (unpaired) electrons. The van der Waals surface area contributed by atoms with Gasteiger partial charge in [-0.15, -0.1) is 0 Å². The summed E-state index contributed by atoms with van der Waals surface area (Å²) in [5, 5.41) is 14.3. The smallest absolute Gasteiger partial charge is 0.333 e. The molecule has 0 saturated heterocycles. The van der Waals surface area contributed by atoms with E-state index in [0.29, 0.717) is 33.1 Å². The van der Waals surface area contributed by atoms with E-state index in [4.69, 9.17) is 20.5 Å². The van der Waals surface area contributed by atoms with Gasteiger partial charge in [0.25, 0.3) is 5.56 Å². The number of aryl methyl sites for hydroxylation is 1. The van der Waals surface area contributed by atoms with E-state index in [0.717, 1.165) is 4.57 Å². The number of ether oxygens (including phenoxy) is 2. The number of methoxy groups -OCH3 is 1. The molecule has 3 aromatic rings. The summed E-state index contributed by atoms with van der Waals surface area (Å²) in [6.07, 6.45) is 5.26. The van der Waals surface area contributed by atoms with Crippen LogP contribution in [0.5, 0.6) is 0 Å². The Balaban J connectivity index is 2.38. The summed E-state index contributed by atoms with van der Waals surface area (Å²) in [5.41, 5.74) is 3.90. The van der Waals surface area contributed by atoms with Crippen LogP contribution in [0, 0.1) is 18.3 Å². The second kappa shape index (κ2) is 11.6. The molecule has 3 heterocycles. The Labute approximate surface area is 224 Å². The summed E-state index contributed by atoms with van der Waals surface area (Å²) < 4.78 is 15.4. The van der Waals surface area contributed by atoms with Gasteiger partial charge in [-0.3, -0.25) is 14.2 Å². The van der Waals surface area contributed by atoms with Gasteiger partial charge in [-0.05, 0) is 33.3 Å². The van der Waals surface area contributed by atoms with Crippen LogP contribution >= 0.6 is 11.3 Å². The van der Waals surface area contributed by atoms with Crippen LogP contribution in [0.3, 0.4) is 0 Å². The third-order valence-corrected chi connectivity index (χ3v) is 7.59. The van der Waals surface area contributed by atoms with Crippen molar-refractivity contribution in [1.82, 2.24) is 18.9 Å². The van der Waals surface area contributed by atoms with Crippen molar-refractivity contribution in [2.24, 2.45) is 5.73 Å². The zero-order valence-electron chi connectivity index (χ0n) is 22.2. The lowest BCUT2D eigenvalue weighted by molar-refractivity contribution is -0.125. The van der Waals surface area contributed by atoms with Gasteiger partial charge in [0, 0.05) is 23.5 Å². The van der Waals surface area contributed by atoms with E-state index in [2.05, 4.69) is 11.7 Å². The van der Waals surface area contributed by atoms with Gasteiger partial charge >= 0.3 is 5.69 Å². The van der Waals surface area contributed by atoms with Gasteiger partial charge in [-0.25, -0.2) is 14.0 Å². The van der Waals surface area contributed by atoms with E-state index >= 15 is 0 Å². The molecule has 11 nitrogen and oxygen atoms in total. The number of nitrogens with zero attached hydrogens (tertiary/aromatic N) is 5. The minimum absolute atomic E-state index is 0.0391. The van der Waals surface area contributed by atoms with Crippen LogP contribution in [0.2, 0.25) is 0 Å². The average molecular weight is 541 g/mol. The molecular formula is C26H32N6O5S. The molecule has 2 N–H and O–H groups in total. The fraction of sp³-hybridized carbons (Fsp3) is 0.423. The molecule has 0 aliphatic rings. The predicted molar refractivity (Wildman–Crippen MR) is 145 cm³/mol. The van der Waals surface area contributed by atoms with Crippen molar-refractivity contribution in [2.45, 2.75) is 58.7 Å². The predicted octanol–water partition coefficient (Wildman–Crippen LogP) is 2.73. The standard InChI is InChI=1S/C26H32N6O5S/c1-7-10-18(17(3)36-6)19(37-14-8-11-27)15-30-23-20(16(2)22(38-23)31-13-9-12-29-31)21(33)32(25(30)35)26(4,5)24(28)34/h9-10,12-13,19H,3,7-8,14-15H2,1-2,4-6H3,(H2,28,34)/b18-10+/t19-/m0/s1. The van der Waals surface area contributed by atoms with Crippen molar-refractivity contribution >= 4 is 27.5 Å². The highest BCUT2D eigenvalue weighted by Gasteiger charge is 2.34. The normalized spacial score (nSPS) is 12.9. The van der Waals surface area contributed by atoms with E-state index in [1.807, 2.05) is 19.1 Å². The van der Waals surface area contributed by atoms with Crippen LogP contribution in [0.25, 0.3) is 15.2 Å². The van der Waals surface area contributed by atoms with Gasteiger partial charge in [0.15, 0.2) is 0 Å². The quantitative estimate of drug-likeness (QED) is 0.211. The summed E-state index contributed by atoms with van der Waals surface area (Å²) >= 11 is 1.23. The van der Waals surface area contributed by atoms with Crippen molar-refractivity contribution in [2.75, 3.05) is 13.7 Å². The second-order valence-corrected chi connectivity index (χ2v) is 10.1. The third kappa shape index (κ3) is 5.20. The van der Waals surface area contributed by atoms with Gasteiger partial charge in [-0.1, -0.05) is 30.9 Å². The Hall–Kier alpha value is -3.95. The molecule has 0 unspecified atom stereocenters. The van der Waals surface area contributed by atoms with Crippen LogP contribution < -0.4 is 17.0 Å². The van der Waals surface area contributed by atoms with E-state index < -0.39 is 28.8 Å². The van der Waals surface area contributed by atoms with E-state index in [9.17, 15) is 14.4 Å². The number of nitriles is 1. The van der Waals surface area contributed by atoms with E-state index in [-0.39, 0.29) is 25.0 Å². The fourth-order valence-corrected chi connectivity index (χ4v) is 5.37. The number of hydrogen-bond acceptors (Lipinski definition) is 8. The molecule has 0 spiro atoms. The molecule has 12 heteroatoms. The summed E-state index contributed by atoms with van der Waals surface area (Å²) in [6.45, 7) is 10.6. The molecule has 0 saturated carbocycles. The highest BCUT2D eigenvalue weighted by Crippen LogP contribution is 2.32. The monoisotopic (exact) mass is 540 g/mol. The number of rotatable bonds is 12. The maximum absolute atomic E-state index is 14.0. The lowest BCUT2D eigenvalue weighted by Crippen LogP contribution is -2.55. The highest BCUT2D eigenvalue weighted by molar-refractivity contribution is 7.21. The molecule has 0 fully saturated rings. The minimum Gasteiger partial charge on any atom is -0.497 e. The van der Waals surface area contributed by atoms with Crippen molar-refractivity contribution in [3.05, 3.63) is 68.8 Å². The van der Waals surface area contributed by atoms with Crippen LogP contribution in [0.4, 0.5) is 0 Å². The number of allylic oxidation sites excluding steroid dienone is 1. The molecule has 1 atom stereocenters. The SMILES string of the molecule is C=C(OC)/C(=C\CC)[C@H](Cn1c(=O)n(C(C)(C)C(N)=O)c(=O)c2c(C)c(-n3cccn3)sc21)OCCC#N. The molecular weight excluding hydrogens is 508 g/mol.